The lowest BCUT2D eigenvalue weighted by atomic mass is 10.0. The molecule has 202 valence electrons. The summed E-state index contributed by atoms with van der Waals surface area (Å²) in [6.45, 7) is 10.8. The van der Waals surface area contributed by atoms with Gasteiger partial charge in [-0.1, -0.05) is 62.4 Å². The molecule has 0 heterocycles. The van der Waals surface area contributed by atoms with E-state index in [0.29, 0.717) is 18.5 Å². The summed E-state index contributed by atoms with van der Waals surface area (Å²) in [4.78, 5) is 52.5. The minimum Gasteiger partial charge on any atom is -0.468 e. The molecule has 0 aliphatic rings. The lowest BCUT2D eigenvalue weighted by Crippen LogP contribution is -2.52. The molecule has 0 bridgehead atoms. The SMILES string of the molecule is CCCCCCCN(C(=O)C(C)NC(=O)OC(C)(C)C)C(C(=O)NCC(=O)OC)c1cccc(C)c1. The summed E-state index contributed by atoms with van der Waals surface area (Å²) < 4.78 is 9.94. The Hall–Kier alpha value is -3.10. The molecule has 9 heteroatoms. The first-order valence-electron chi connectivity index (χ1n) is 12.6. The minimum atomic E-state index is -0.990. The lowest BCUT2D eigenvalue weighted by molar-refractivity contribution is -0.144. The number of amides is 3. The third-order valence-electron chi connectivity index (χ3n) is 5.44. The fourth-order valence-electron chi connectivity index (χ4n) is 3.69. The minimum absolute atomic E-state index is 0.313. The molecule has 0 aliphatic heterocycles. The fraction of sp³-hybridized carbons (Fsp3) is 0.630. The van der Waals surface area contributed by atoms with Gasteiger partial charge in [-0.2, -0.15) is 0 Å². The smallest absolute Gasteiger partial charge is 0.408 e. The Labute approximate surface area is 215 Å². The van der Waals surface area contributed by atoms with Gasteiger partial charge in [0.25, 0.3) is 0 Å². The van der Waals surface area contributed by atoms with Gasteiger partial charge in [-0.3, -0.25) is 14.4 Å². The summed E-state index contributed by atoms with van der Waals surface area (Å²) in [5.41, 5.74) is 0.821. The summed E-state index contributed by atoms with van der Waals surface area (Å²) >= 11 is 0. The molecular weight excluding hydrogens is 462 g/mol. The van der Waals surface area contributed by atoms with Crippen molar-refractivity contribution in [3.05, 3.63) is 35.4 Å². The maximum atomic E-state index is 13.6. The Morgan fingerprint density at radius 3 is 2.31 bits per heavy atom. The molecule has 0 spiro atoms. The average Bonchev–Trinajstić information content (AvgIpc) is 2.79. The van der Waals surface area contributed by atoms with E-state index in [1.165, 1.54) is 12.0 Å². The number of hydrogen-bond donors (Lipinski definition) is 2. The maximum absolute atomic E-state index is 13.6. The number of alkyl carbamates (subject to hydrolysis) is 1. The number of ether oxygens (including phenoxy) is 2. The highest BCUT2D eigenvalue weighted by atomic mass is 16.6. The van der Waals surface area contributed by atoms with Crippen molar-refractivity contribution < 1.29 is 28.7 Å². The van der Waals surface area contributed by atoms with Crippen LogP contribution in [-0.2, 0) is 23.9 Å². The van der Waals surface area contributed by atoms with Gasteiger partial charge in [0.1, 0.15) is 24.2 Å². The summed E-state index contributed by atoms with van der Waals surface area (Å²) in [7, 11) is 1.24. The monoisotopic (exact) mass is 505 g/mol. The highest BCUT2D eigenvalue weighted by Crippen LogP contribution is 2.24. The Bertz CT molecular complexity index is 881. The predicted octanol–water partition coefficient (Wildman–Crippen LogP) is 4.04. The van der Waals surface area contributed by atoms with Gasteiger partial charge < -0.3 is 25.0 Å². The van der Waals surface area contributed by atoms with Gasteiger partial charge in [0.05, 0.1) is 7.11 Å². The van der Waals surface area contributed by atoms with Crippen LogP contribution in [0.25, 0.3) is 0 Å². The third kappa shape index (κ3) is 11.1. The summed E-state index contributed by atoms with van der Waals surface area (Å²) in [6.07, 6.45) is 4.07. The summed E-state index contributed by atoms with van der Waals surface area (Å²) in [5, 5.41) is 5.17. The van der Waals surface area contributed by atoms with Crippen molar-refractivity contribution in [3.8, 4) is 0 Å². The number of esters is 1. The molecule has 0 radical (unpaired) electrons. The highest BCUT2D eigenvalue weighted by molar-refractivity contribution is 5.93. The molecule has 0 aromatic heterocycles. The lowest BCUT2D eigenvalue weighted by Gasteiger charge is -2.34. The van der Waals surface area contributed by atoms with Gasteiger partial charge in [-0.15, -0.1) is 0 Å². The number of carbonyl (C=O) groups is 4. The van der Waals surface area contributed by atoms with Crippen LogP contribution < -0.4 is 10.6 Å². The van der Waals surface area contributed by atoms with Crippen molar-refractivity contribution in [1.29, 1.82) is 0 Å². The van der Waals surface area contributed by atoms with E-state index in [9.17, 15) is 19.2 Å². The molecule has 3 amide bonds. The molecule has 0 fully saturated rings. The highest BCUT2D eigenvalue weighted by Gasteiger charge is 2.34. The van der Waals surface area contributed by atoms with Crippen molar-refractivity contribution in [1.82, 2.24) is 15.5 Å². The van der Waals surface area contributed by atoms with Crippen molar-refractivity contribution in [2.75, 3.05) is 20.2 Å². The molecule has 1 aromatic rings. The van der Waals surface area contributed by atoms with E-state index in [2.05, 4.69) is 22.3 Å². The molecule has 1 aromatic carbocycles. The number of methoxy groups -OCH3 is 1. The van der Waals surface area contributed by atoms with E-state index in [1.807, 2.05) is 25.1 Å². The van der Waals surface area contributed by atoms with Crippen LogP contribution >= 0.6 is 0 Å². The number of unbranched alkanes of at least 4 members (excludes halogenated alkanes) is 4. The number of nitrogens with zero attached hydrogens (tertiary/aromatic N) is 1. The number of carbonyl (C=O) groups excluding carboxylic acids is 4. The average molecular weight is 506 g/mol. The Morgan fingerprint density at radius 2 is 1.72 bits per heavy atom. The maximum Gasteiger partial charge on any atom is 0.408 e. The van der Waals surface area contributed by atoms with Crippen molar-refractivity contribution in [2.24, 2.45) is 0 Å². The summed E-state index contributed by atoms with van der Waals surface area (Å²) in [5.74, 6) is -1.52. The van der Waals surface area contributed by atoms with Gasteiger partial charge >= 0.3 is 12.1 Å². The Kier molecular flexibility index (Phi) is 13.0. The van der Waals surface area contributed by atoms with Crippen LogP contribution in [0.15, 0.2) is 24.3 Å². The molecule has 0 aliphatic carbocycles. The zero-order chi connectivity index (χ0) is 27.3. The van der Waals surface area contributed by atoms with Crippen LogP contribution in [0.2, 0.25) is 0 Å². The zero-order valence-corrected chi connectivity index (χ0v) is 22.8. The largest absolute Gasteiger partial charge is 0.468 e. The van der Waals surface area contributed by atoms with Gasteiger partial charge in [0, 0.05) is 6.54 Å². The first kappa shape index (κ1) is 30.9. The quantitative estimate of drug-likeness (QED) is 0.309. The van der Waals surface area contributed by atoms with Gasteiger partial charge in [-0.25, -0.2) is 4.79 Å². The van der Waals surface area contributed by atoms with Crippen LogP contribution in [-0.4, -0.2) is 60.6 Å². The number of aryl methyl sites for hydroxylation is 1. The van der Waals surface area contributed by atoms with Crippen molar-refractivity contribution >= 4 is 23.9 Å². The second kappa shape index (κ2) is 15.1. The van der Waals surface area contributed by atoms with E-state index in [1.54, 1.807) is 33.8 Å². The van der Waals surface area contributed by atoms with Crippen LogP contribution in [0.4, 0.5) is 4.79 Å². The van der Waals surface area contributed by atoms with E-state index in [4.69, 9.17) is 4.74 Å². The summed E-state index contributed by atoms with van der Waals surface area (Å²) in [6, 6.07) is 5.41. The van der Waals surface area contributed by atoms with Gasteiger partial charge in [0.15, 0.2) is 0 Å². The van der Waals surface area contributed by atoms with Crippen LogP contribution in [0.3, 0.4) is 0 Å². The molecule has 36 heavy (non-hydrogen) atoms. The molecule has 1 rings (SSSR count). The predicted molar refractivity (Wildman–Crippen MR) is 138 cm³/mol. The van der Waals surface area contributed by atoms with E-state index >= 15 is 0 Å². The fourth-order valence-corrected chi connectivity index (χ4v) is 3.69. The van der Waals surface area contributed by atoms with E-state index in [0.717, 1.165) is 31.2 Å². The molecule has 9 nitrogen and oxygen atoms in total. The van der Waals surface area contributed by atoms with E-state index in [-0.39, 0.29) is 6.54 Å². The zero-order valence-electron chi connectivity index (χ0n) is 22.8. The topological polar surface area (TPSA) is 114 Å². The normalized spacial score (nSPS) is 12.8. The first-order chi connectivity index (χ1) is 16.9. The van der Waals surface area contributed by atoms with Crippen LogP contribution in [0.1, 0.15) is 83.9 Å². The molecule has 2 atom stereocenters. The standard InChI is InChI=1S/C27H43N3O6/c1-8-9-10-11-12-16-30(25(33)20(3)29-26(34)36-27(4,5)6)23(21-15-13-14-19(2)17-21)24(32)28-18-22(31)35-7/h13-15,17,20,23H,8-12,16,18H2,1-7H3,(H,28,32)(H,29,34). The molecule has 0 saturated heterocycles. The van der Waals surface area contributed by atoms with E-state index < -0.39 is 41.6 Å². The second-order valence-corrected chi connectivity index (χ2v) is 9.92. The molecule has 2 unspecified atom stereocenters. The molecule has 2 N–H and O–H groups in total. The second-order valence-electron chi connectivity index (χ2n) is 9.92. The number of benzene rings is 1. The number of rotatable bonds is 13. The Balaban J connectivity index is 3.28. The first-order valence-corrected chi connectivity index (χ1v) is 12.6. The van der Waals surface area contributed by atoms with Crippen LogP contribution in [0, 0.1) is 6.92 Å². The van der Waals surface area contributed by atoms with Crippen molar-refractivity contribution in [2.45, 2.75) is 91.3 Å². The molecular formula is C27H43N3O6. The van der Waals surface area contributed by atoms with Gasteiger partial charge in [0.2, 0.25) is 11.8 Å². The molecule has 0 saturated carbocycles. The number of hydrogen-bond acceptors (Lipinski definition) is 6. The number of nitrogens with one attached hydrogen (secondary N) is 2. The van der Waals surface area contributed by atoms with Crippen molar-refractivity contribution in [3.63, 3.8) is 0 Å². The Morgan fingerprint density at radius 1 is 1.06 bits per heavy atom. The van der Waals surface area contributed by atoms with Gasteiger partial charge in [-0.05, 0) is 46.6 Å². The third-order valence-corrected chi connectivity index (χ3v) is 5.44. The van der Waals surface area contributed by atoms with Crippen LogP contribution in [0.5, 0.6) is 0 Å².